The molecule has 3 heterocycles. The summed E-state index contributed by atoms with van der Waals surface area (Å²) in [6.45, 7) is 0.568. The maximum absolute atomic E-state index is 13.3. The summed E-state index contributed by atoms with van der Waals surface area (Å²) in [7, 11) is 0. The second-order valence-corrected chi connectivity index (χ2v) is 8.03. The molecule has 2 aromatic rings. The number of carbonyl (C=O) groups is 3. The fourth-order valence-electron chi connectivity index (χ4n) is 5.10. The van der Waals surface area contributed by atoms with Gasteiger partial charge < -0.3 is 9.80 Å². The van der Waals surface area contributed by atoms with Crippen molar-refractivity contribution in [3.63, 3.8) is 0 Å². The van der Waals surface area contributed by atoms with Gasteiger partial charge in [-0.05, 0) is 30.7 Å². The minimum Gasteiger partial charge on any atom is -0.335 e. The maximum atomic E-state index is 13.3. The molecule has 3 atom stereocenters. The van der Waals surface area contributed by atoms with Crippen LogP contribution in [0.25, 0.3) is 10.8 Å². The van der Waals surface area contributed by atoms with Gasteiger partial charge in [0.25, 0.3) is 5.91 Å². The second kappa shape index (κ2) is 5.09. The van der Waals surface area contributed by atoms with Crippen LogP contribution in [0.15, 0.2) is 42.5 Å². The summed E-state index contributed by atoms with van der Waals surface area (Å²) in [4.78, 5) is 44.0. The van der Waals surface area contributed by atoms with Gasteiger partial charge in [0.15, 0.2) is 0 Å². The van der Waals surface area contributed by atoms with Crippen LogP contribution in [-0.2, 0) is 9.59 Å². The summed E-state index contributed by atoms with van der Waals surface area (Å²) in [6, 6.07) is 12.5. The first-order chi connectivity index (χ1) is 13.1. The SMILES string of the molecule is O=C1[C@@H]2[C@@H]3C[C@@H](CN3C(=O)C3CC3)N2C(=O)N1c1cccc2ccccc12. The Hall–Kier alpha value is -2.89. The van der Waals surface area contributed by atoms with E-state index in [1.165, 1.54) is 4.90 Å². The highest BCUT2D eigenvalue weighted by Gasteiger charge is 2.63. The molecule has 2 bridgehead atoms. The van der Waals surface area contributed by atoms with E-state index < -0.39 is 6.04 Å². The number of amides is 4. The van der Waals surface area contributed by atoms with Crippen LogP contribution in [-0.4, -0.2) is 52.3 Å². The third-order valence-electron chi connectivity index (χ3n) is 6.48. The average molecular weight is 361 g/mol. The zero-order valence-corrected chi connectivity index (χ0v) is 14.7. The number of likely N-dealkylation sites (tertiary alicyclic amines) is 1. The Bertz CT molecular complexity index is 1010. The van der Waals surface area contributed by atoms with Gasteiger partial charge in [0.2, 0.25) is 5.91 Å². The Balaban J connectivity index is 1.40. The van der Waals surface area contributed by atoms with E-state index in [0.29, 0.717) is 12.2 Å². The van der Waals surface area contributed by atoms with Gasteiger partial charge in [0.1, 0.15) is 6.04 Å². The van der Waals surface area contributed by atoms with Crippen molar-refractivity contribution in [3.05, 3.63) is 42.5 Å². The summed E-state index contributed by atoms with van der Waals surface area (Å²) in [5.41, 5.74) is 0.636. The van der Waals surface area contributed by atoms with Crippen molar-refractivity contribution in [3.8, 4) is 0 Å². The van der Waals surface area contributed by atoms with E-state index in [1.807, 2.05) is 47.4 Å². The van der Waals surface area contributed by atoms with Crippen LogP contribution in [0.5, 0.6) is 0 Å². The van der Waals surface area contributed by atoms with Crippen LogP contribution in [0.1, 0.15) is 19.3 Å². The van der Waals surface area contributed by atoms with Crippen molar-refractivity contribution >= 4 is 34.3 Å². The van der Waals surface area contributed by atoms with Gasteiger partial charge in [-0.2, -0.15) is 0 Å². The first-order valence-electron chi connectivity index (χ1n) is 9.59. The molecular weight excluding hydrogens is 342 g/mol. The monoisotopic (exact) mass is 361 g/mol. The summed E-state index contributed by atoms with van der Waals surface area (Å²) in [6.07, 6.45) is 2.64. The van der Waals surface area contributed by atoms with E-state index >= 15 is 0 Å². The number of piperazine rings is 1. The number of hydrogen-bond acceptors (Lipinski definition) is 3. The van der Waals surface area contributed by atoms with Crippen LogP contribution >= 0.6 is 0 Å². The molecule has 2 aromatic carbocycles. The predicted octanol–water partition coefficient (Wildman–Crippen LogP) is 2.37. The fourth-order valence-corrected chi connectivity index (χ4v) is 5.10. The molecule has 0 radical (unpaired) electrons. The molecule has 6 nitrogen and oxygen atoms in total. The van der Waals surface area contributed by atoms with Gasteiger partial charge in [-0.1, -0.05) is 36.4 Å². The van der Waals surface area contributed by atoms with E-state index in [-0.39, 0.29) is 35.8 Å². The van der Waals surface area contributed by atoms with E-state index in [2.05, 4.69) is 0 Å². The Morgan fingerprint density at radius 3 is 2.59 bits per heavy atom. The number of urea groups is 1. The minimum atomic E-state index is -0.530. The van der Waals surface area contributed by atoms with Crippen molar-refractivity contribution < 1.29 is 14.4 Å². The number of carbonyl (C=O) groups excluding carboxylic acids is 3. The molecule has 0 unspecified atom stereocenters. The van der Waals surface area contributed by atoms with E-state index in [9.17, 15) is 14.4 Å². The van der Waals surface area contributed by atoms with E-state index in [4.69, 9.17) is 0 Å². The van der Waals surface area contributed by atoms with Gasteiger partial charge in [0, 0.05) is 17.8 Å². The number of imide groups is 1. The number of nitrogens with zero attached hydrogens (tertiary/aromatic N) is 3. The van der Waals surface area contributed by atoms with Crippen LogP contribution in [0.4, 0.5) is 10.5 Å². The molecule has 4 aliphatic rings. The van der Waals surface area contributed by atoms with Crippen molar-refractivity contribution in [2.45, 2.75) is 37.4 Å². The molecular formula is C21H19N3O3. The fraction of sp³-hybridized carbons (Fsp3) is 0.381. The summed E-state index contributed by atoms with van der Waals surface area (Å²) < 4.78 is 0. The zero-order valence-electron chi connectivity index (χ0n) is 14.7. The molecule has 6 heteroatoms. The third kappa shape index (κ3) is 1.93. The minimum absolute atomic E-state index is 0.0425. The van der Waals surface area contributed by atoms with Crippen molar-refractivity contribution in [2.75, 3.05) is 11.4 Å². The molecule has 4 amide bonds. The van der Waals surface area contributed by atoms with Gasteiger partial charge in [-0.25, -0.2) is 9.69 Å². The van der Waals surface area contributed by atoms with Gasteiger partial charge in [0.05, 0.1) is 17.8 Å². The first kappa shape index (κ1) is 15.2. The lowest BCUT2D eigenvalue weighted by molar-refractivity contribution is -0.136. The molecule has 1 aliphatic carbocycles. The van der Waals surface area contributed by atoms with Crippen molar-refractivity contribution in [2.24, 2.45) is 5.92 Å². The topological polar surface area (TPSA) is 60.9 Å². The normalized spacial score (nSPS) is 29.2. The zero-order chi connectivity index (χ0) is 18.3. The molecule has 136 valence electrons. The lowest BCUT2D eigenvalue weighted by atomic mass is 10.1. The summed E-state index contributed by atoms with van der Waals surface area (Å²) >= 11 is 0. The molecule has 6 rings (SSSR count). The van der Waals surface area contributed by atoms with Crippen LogP contribution in [0, 0.1) is 5.92 Å². The maximum Gasteiger partial charge on any atom is 0.332 e. The number of hydrogen-bond donors (Lipinski definition) is 0. The molecule has 4 fully saturated rings. The Kier molecular flexibility index (Phi) is 2.86. The summed E-state index contributed by atoms with van der Waals surface area (Å²) in [5.74, 6) is 0.113. The van der Waals surface area contributed by atoms with Crippen molar-refractivity contribution in [1.82, 2.24) is 9.80 Å². The standard InChI is InChI=1S/C21H19N3O3/c25-19(13-8-9-13)22-11-14-10-17(22)18-20(26)24(21(27)23(14)18)16-7-3-5-12-4-1-2-6-15(12)16/h1-7,13-14,17-18H,8-11H2/t14-,17-,18-/m0/s1. The molecule has 3 aliphatic heterocycles. The van der Waals surface area contributed by atoms with Crippen LogP contribution in [0.2, 0.25) is 0 Å². The Morgan fingerprint density at radius 1 is 1.00 bits per heavy atom. The van der Waals surface area contributed by atoms with E-state index in [1.54, 1.807) is 4.90 Å². The number of benzene rings is 2. The second-order valence-electron chi connectivity index (χ2n) is 8.03. The van der Waals surface area contributed by atoms with Crippen LogP contribution in [0.3, 0.4) is 0 Å². The summed E-state index contributed by atoms with van der Waals surface area (Å²) in [5, 5.41) is 1.89. The number of anilines is 1. The lowest BCUT2D eigenvalue weighted by Gasteiger charge is -2.35. The third-order valence-corrected chi connectivity index (χ3v) is 6.48. The number of rotatable bonds is 2. The highest BCUT2D eigenvalue weighted by atomic mass is 16.2. The highest BCUT2D eigenvalue weighted by molar-refractivity contribution is 6.25. The number of fused-ring (bicyclic) bond motifs is 6. The molecule has 3 saturated heterocycles. The molecule has 0 N–H and O–H groups in total. The van der Waals surface area contributed by atoms with Gasteiger partial charge >= 0.3 is 6.03 Å². The average Bonchev–Trinajstić information content (AvgIpc) is 3.28. The smallest absolute Gasteiger partial charge is 0.332 e. The predicted molar refractivity (Wildman–Crippen MR) is 99.1 cm³/mol. The molecule has 27 heavy (non-hydrogen) atoms. The Morgan fingerprint density at radius 2 is 1.78 bits per heavy atom. The van der Waals surface area contributed by atoms with Gasteiger partial charge in [-0.15, -0.1) is 0 Å². The van der Waals surface area contributed by atoms with Crippen molar-refractivity contribution in [1.29, 1.82) is 0 Å². The molecule has 1 saturated carbocycles. The first-order valence-corrected chi connectivity index (χ1v) is 9.59. The molecule has 0 aromatic heterocycles. The van der Waals surface area contributed by atoms with Gasteiger partial charge in [-0.3, -0.25) is 9.59 Å². The quantitative estimate of drug-likeness (QED) is 0.772. The highest BCUT2D eigenvalue weighted by Crippen LogP contribution is 2.45. The molecule has 0 spiro atoms. The largest absolute Gasteiger partial charge is 0.335 e. The van der Waals surface area contributed by atoms with E-state index in [0.717, 1.165) is 30.0 Å². The lowest BCUT2D eigenvalue weighted by Crippen LogP contribution is -2.55. The Labute approximate surface area is 156 Å². The van der Waals surface area contributed by atoms with Crippen LogP contribution < -0.4 is 4.90 Å².